The summed E-state index contributed by atoms with van der Waals surface area (Å²) < 4.78 is 22.4. The number of halogens is 1. The first-order valence-corrected chi connectivity index (χ1v) is 7.44. The second-order valence-corrected chi connectivity index (χ2v) is 6.47. The zero-order valence-corrected chi connectivity index (χ0v) is 11.0. The zero-order chi connectivity index (χ0) is 12.2. The molecule has 1 N–H and O–H groups in total. The fourth-order valence-corrected chi connectivity index (χ4v) is 2.77. The molecule has 0 amide bonds. The van der Waals surface area contributed by atoms with Gasteiger partial charge in [-0.3, -0.25) is 0 Å². The Morgan fingerprint density at radius 3 is 2.50 bits per heavy atom. The van der Waals surface area contributed by atoms with Gasteiger partial charge in [0.15, 0.2) is 0 Å². The largest absolute Gasteiger partial charge is 0.316 e. The van der Waals surface area contributed by atoms with Crippen molar-refractivity contribution in [1.29, 1.82) is 0 Å². The number of rotatable bonds is 5. The lowest BCUT2D eigenvalue weighted by atomic mass is 10.1. The highest BCUT2D eigenvalue weighted by Gasteiger charge is 2.15. The van der Waals surface area contributed by atoms with Crippen molar-refractivity contribution < 1.29 is 8.42 Å². The lowest BCUT2D eigenvalue weighted by Crippen LogP contribution is -2.34. The number of hydrogen-bond acceptors (Lipinski definition) is 3. The summed E-state index contributed by atoms with van der Waals surface area (Å²) in [5, 5.41) is 3.67. The molecule has 1 aromatic rings. The first-order valence-electron chi connectivity index (χ1n) is 5.01. The molecule has 1 rings (SSSR count). The molecule has 0 aliphatic heterocycles. The van der Waals surface area contributed by atoms with Gasteiger partial charge in [-0.15, -0.1) is 0 Å². The van der Waals surface area contributed by atoms with Crippen LogP contribution in [-0.4, -0.2) is 33.5 Å². The molecule has 0 bridgehead atoms. The van der Waals surface area contributed by atoms with Crippen LogP contribution < -0.4 is 5.32 Å². The molecule has 1 unspecified atom stereocenters. The Bertz CT molecular complexity index is 445. The molecule has 0 spiro atoms. The van der Waals surface area contributed by atoms with E-state index in [0.29, 0.717) is 11.4 Å². The van der Waals surface area contributed by atoms with Gasteiger partial charge in [0, 0.05) is 17.3 Å². The van der Waals surface area contributed by atoms with E-state index < -0.39 is 9.84 Å². The van der Waals surface area contributed by atoms with Crippen LogP contribution in [-0.2, 0) is 16.3 Å². The van der Waals surface area contributed by atoms with Crippen LogP contribution in [0.2, 0.25) is 5.02 Å². The van der Waals surface area contributed by atoms with E-state index in [4.69, 9.17) is 11.6 Å². The van der Waals surface area contributed by atoms with Gasteiger partial charge < -0.3 is 5.32 Å². The van der Waals surface area contributed by atoms with Gasteiger partial charge in [0.2, 0.25) is 0 Å². The van der Waals surface area contributed by atoms with Gasteiger partial charge in [0.25, 0.3) is 0 Å². The van der Waals surface area contributed by atoms with Gasteiger partial charge in [-0.05, 0) is 25.1 Å². The van der Waals surface area contributed by atoms with Crippen LogP contribution in [0.25, 0.3) is 0 Å². The molecule has 1 aromatic carbocycles. The zero-order valence-electron chi connectivity index (χ0n) is 9.40. The van der Waals surface area contributed by atoms with Gasteiger partial charge in [-0.25, -0.2) is 8.42 Å². The summed E-state index contributed by atoms with van der Waals surface area (Å²) >= 11 is 6.02. The molecule has 0 aromatic heterocycles. The SMILES string of the molecule is CNC(Cc1ccccc1Cl)CS(C)(=O)=O. The van der Waals surface area contributed by atoms with E-state index in [9.17, 15) is 8.42 Å². The van der Waals surface area contributed by atoms with Crippen LogP contribution >= 0.6 is 11.6 Å². The molecule has 1 atom stereocenters. The molecule has 0 saturated heterocycles. The lowest BCUT2D eigenvalue weighted by Gasteiger charge is -2.15. The molecular weight excluding hydrogens is 246 g/mol. The van der Waals surface area contributed by atoms with Gasteiger partial charge in [-0.1, -0.05) is 29.8 Å². The third-order valence-corrected chi connectivity index (χ3v) is 3.71. The lowest BCUT2D eigenvalue weighted by molar-refractivity contribution is 0.567. The van der Waals surface area contributed by atoms with Crippen LogP contribution in [0.5, 0.6) is 0 Å². The maximum absolute atomic E-state index is 11.2. The average Bonchev–Trinajstić information content (AvgIpc) is 2.18. The molecular formula is C11H16ClNO2S. The monoisotopic (exact) mass is 261 g/mol. The van der Waals surface area contributed by atoms with Crippen molar-refractivity contribution >= 4 is 21.4 Å². The maximum Gasteiger partial charge on any atom is 0.148 e. The summed E-state index contributed by atoms with van der Waals surface area (Å²) in [4.78, 5) is 0. The first kappa shape index (κ1) is 13.5. The van der Waals surface area contributed by atoms with Gasteiger partial charge in [0.05, 0.1) is 5.75 Å². The molecule has 5 heteroatoms. The van der Waals surface area contributed by atoms with E-state index in [0.717, 1.165) is 5.56 Å². The Morgan fingerprint density at radius 2 is 2.00 bits per heavy atom. The smallest absolute Gasteiger partial charge is 0.148 e. The number of hydrogen-bond donors (Lipinski definition) is 1. The third-order valence-electron chi connectivity index (χ3n) is 2.34. The molecule has 0 saturated carbocycles. The highest BCUT2D eigenvalue weighted by atomic mass is 35.5. The van der Waals surface area contributed by atoms with Gasteiger partial charge in [-0.2, -0.15) is 0 Å². The van der Waals surface area contributed by atoms with Gasteiger partial charge in [0.1, 0.15) is 9.84 Å². The Hall–Kier alpha value is -0.580. The summed E-state index contributed by atoms with van der Waals surface area (Å²) in [7, 11) is -1.22. The molecule has 0 fully saturated rings. The van der Waals surface area contributed by atoms with Crippen LogP contribution in [0.15, 0.2) is 24.3 Å². The number of benzene rings is 1. The summed E-state index contributed by atoms with van der Waals surface area (Å²) in [6.45, 7) is 0. The van der Waals surface area contributed by atoms with Crippen molar-refractivity contribution in [1.82, 2.24) is 5.32 Å². The molecule has 16 heavy (non-hydrogen) atoms. The normalized spacial score (nSPS) is 13.7. The minimum absolute atomic E-state index is 0.102. The van der Waals surface area contributed by atoms with E-state index in [1.54, 1.807) is 7.05 Å². The fourth-order valence-electron chi connectivity index (χ4n) is 1.54. The highest BCUT2D eigenvalue weighted by molar-refractivity contribution is 7.90. The summed E-state index contributed by atoms with van der Waals surface area (Å²) in [5.74, 6) is 0.120. The molecule has 0 aliphatic carbocycles. The predicted molar refractivity (Wildman–Crippen MR) is 67.7 cm³/mol. The van der Waals surface area contributed by atoms with Crippen LogP contribution in [0, 0.1) is 0 Å². The van der Waals surface area contributed by atoms with Crippen molar-refractivity contribution in [2.75, 3.05) is 19.1 Å². The molecule has 3 nitrogen and oxygen atoms in total. The number of likely N-dealkylation sites (N-methyl/N-ethyl adjacent to an activating group) is 1. The quantitative estimate of drug-likeness (QED) is 0.874. The Kier molecular flexibility index (Phi) is 4.77. The summed E-state index contributed by atoms with van der Waals surface area (Å²) in [6, 6.07) is 7.37. The molecule has 90 valence electrons. The summed E-state index contributed by atoms with van der Waals surface area (Å²) in [5.41, 5.74) is 0.965. The van der Waals surface area contributed by atoms with Crippen LogP contribution in [0.1, 0.15) is 5.56 Å². The van der Waals surface area contributed by atoms with E-state index in [1.165, 1.54) is 6.26 Å². The van der Waals surface area contributed by atoms with Crippen molar-refractivity contribution in [2.45, 2.75) is 12.5 Å². The van der Waals surface area contributed by atoms with Crippen LogP contribution in [0.4, 0.5) is 0 Å². The van der Waals surface area contributed by atoms with Gasteiger partial charge >= 0.3 is 0 Å². The van der Waals surface area contributed by atoms with Crippen molar-refractivity contribution in [3.05, 3.63) is 34.9 Å². The van der Waals surface area contributed by atoms with Crippen LogP contribution in [0.3, 0.4) is 0 Å². The topological polar surface area (TPSA) is 46.2 Å². The number of sulfone groups is 1. The predicted octanol–water partition coefficient (Wildman–Crippen LogP) is 1.52. The fraction of sp³-hybridized carbons (Fsp3) is 0.455. The standard InChI is InChI=1S/C11H16ClNO2S/c1-13-10(8-16(2,14)15)7-9-5-3-4-6-11(9)12/h3-6,10,13H,7-8H2,1-2H3. The minimum Gasteiger partial charge on any atom is -0.316 e. The van der Waals surface area contributed by atoms with E-state index in [1.807, 2.05) is 24.3 Å². The average molecular weight is 262 g/mol. The first-order chi connectivity index (χ1) is 7.42. The minimum atomic E-state index is -2.97. The third kappa shape index (κ3) is 4.51. The van der Waals surface area contributed by atoms with E-state index in [-0.39, 0.29) is 11.8 Å². The second-order valence-electron chi connectivity index (χ2n) is 3.87. The van der Waals surface area contributed by atoms with Crippen molar-refractivity contribution in [2.24, 2.45) is 0 Å². The highest BCUT2D eigenvalue weighted by Crippen LogP contribution is 2.16. The summed E-state index contributed by atoms with van der Waals surface area (Å²) in [6.07, 6.45) is 1.85. The Morgan fingerprint density at radius 1 is 1.38 bits per heavy atom. The van der Waals surface area contributed by atoms with Crippen molar-refractivity contribution in [3.63, 3.8) is 0 Å². The van der Waals surface area contributed by atoms with Crippen molar-refractivity contribution in [3.8, 4) is 0 Å². The molecule has 0 radical (unpaired) electrons. The second kappa shape index (κ2) is 5.66. The number of nitrogens with one attached hydrogen (secondary N) is 1. The Labute approximate surface area is 102 Å². The van der Waals surface area contributed by atoms with E-state index in [2.05, 4.69) is 5.32 Å². The van der Waals surface area contributed by atoms with E-state index >= 15 is 0 Å². The molecule has 0 aliphatic rings. The maximum atomic E-state index is 11.2. The Balaban J connectivity index is 2.75. The molecule has 0 heterocycles.